The van der Waals surface area contributed by atoms with Crippen LogP contribution in [0.25, 0.3) is 0 Å². The van der Waals surface area contributed by atoms with Gasteiger partial charge in [-0.3, -0.25) is 9.89 Å². The maximum atomic E-state index is 11.0. The number of hydrogen-bond acceptors (Lipinski definition) is 3. The van der Waals surface area contributed by atoms with Gasteiger partial charge in [-0.05, 0) is 13.0 Å². The highest BCUT2D eigenvalue weighted by Crippen LogP contribution is 1.89. The molecule has 4 N–H and O–H groups in total. The van der Waals surface area contributed by atoms with E-state index in [-0.39, 0.29) is 5.91 Å². The van der Waals surface area contributed by atoms with E-state index in [1.807, 2.05) is 0 Å². The third kappa shape index (κ3) is 2.35. The van der Waals surface area contributed by atoms with Crippen LogP contribution in [0.1, 0.15) is 12.6 Å². The molecule has 0 bridgehead atoms. The van der Waals surface area contributed by atoms with Crippen molar-refractivity contribution in [2.75, 3.05) is 0 Å². The highest BCUT2D eigenvalue weighted by molar-refractivity contribution is 5.80. The topological polar surface area (TPSA) is 83.8 Å². The van der Waals surface area contributed by atoms with Crippen molar-refractivity contribution in [1.82, 2.24) is 15.5 Å². The molecule has 0 saturated heterocycles. The van der Waals surface area contributed by atoms with E-state index >= 15 is 0 Å². The summed E-state index contributed by atoms with van der Waals surface area (Å²) in [6.07, 6.45) is 1.63. The molecule has 1 aromatic rings. The van der Waals surface area contributed by atoms with Crippen molar-refractivity contribution in [2.24, 2.45) is 5.73 Å². The lowest BCUT2D eigenvalue weighted by molar-refractivity contribution is -0.122. The van der Waals surface area contributed by atoms with E-state index in [1.165, 1.54) is 0 Å². The second kappa shape index (κ2) is 3.87. The van der Waals surface area contributed by atoms with Crippen LogP contribution in [0, 0.1) is 0 Å². The number of nitrogens with one attached hydrogen (secondary N) is 2. The minimum Gasteiger partial charge on any atom is -0.349 e. The Morgan fingerprint density at radius 3 is 3.17 bits per heavy atom. The summed E-state index contributed by atoms with van der Waals surface area (Å²) in [5, 5.41) is 9.11. The number of nitrogens with zero attached hydrogens (tertiary/aromatic N) is 1. The van der Waals surface area contributed by atoms with Crippen molar-refractivity contribution in [3.63, 3.8) is 0 Å². The molecule has 1 heterocycles. The zero-order valence-electron chi connectivity index (χ0n) is 6.87. The minimum absolute atomic E-state index is 0.162. The number of carbonyl (C=O) groups excluding carboxylic acids is 1. The Balaban J connectivity index is 2.32. The Morgan fingerprint density at radius 1 is 1.92 bits per heavy atom. The van der Waals surface area contributed by atoms with Crippen LogP contribution in [0.5, 0.6) is 0 Å². The first-order chi connectivity index (χ1) is 5.70. The van der Waals surface area contributed by atoms with Gasteiger partial charge in [0.15, 0.2) is 0 Å². The molecular weight excluding hydrogens is 156 g/mol. The van der Waals surface area contributed by atoms with Gasteiger partial charge in [0.2, 0.25) is 5.91 Å². The van der Waals surface area contributed by atoms with Gasteiger partial charge in [-0.25, -0.2) is 0 Å². The number of aromatic amines is 1. The zero-order valence-corrected chi connectivity index (χ0v) is 6.87. The highest BCUT2D eigenvalue weighted by atomic mass is 16.2. The lowest BCUT2D eigenvalue weighted by Gasteiger charge is -2.05. The van der Waals surface area contributed by atoms with Crippen LogP contribution in [0.2, 0.25) is 0 Å². The first-order valence-electron chi connectivity index (χ1n) is 3.71. The lowest BCUT2D eigenvalue weighted by atomic mass is 10.3. The molecule has 5 nitrogen and oxygen atoms in total. The predicted octanol–water partition coefficient (Wildman–Crippen LogP) is -0.627. The molecule has 12 heavy (non-hydrogen) atoms. The number of hydrogen-bond donors (Lipinski definition) is 3. The Labute approximate surface area is 70.3 Å². The number of aromatic nitrogens is 2. The molecule has 0 saturated carbocycles. The van der Waals surface area contributed by atoms with Crippen molar-refractivity contribution >= 4 is 5.91 Å². The van der Waals surface area contributed by atoms with Crippen LogP contribution in [-0.2, 0) is 11.3 Å². The number of amides is 1. The Bertz CT molecular complexity index is 242. The summed E-state index contributed by atoms with van der Waals surface area (Å²) in [5.74, 6) is -0.162. The fraction of sp³-hybridized carbons (Fsp3) is 0.429. The van der Waals surface area contributed by atoms with Gasteiger partial charge < -0.3 is 11.1 Å². The summed E-state index contributed by atoms with van der Waals surface area (Å²) in [4.78, 5) is 11.0. The number of H-pyrrole nitrogens is 1. The average Bonchev–Trinajstić information content (AvgIpc) is 2.51. The SMILES string of the molecule is CC(N)C(=O)NCc1ccn[nH]1. The van der Waals surface area contributed by atoms with Gasteiger partial charge in [-0.15, -0.1) is 0 Å². The molecule has 1 rings (SSSR count). The lowest BCUT2D eigenvalue weighted by Crippen LogP contribution is -2.37. The van der Waals surface area contributed by atoms with Crippen molar-refractivity contribution in [1.29, 1.82) is 0 Å². The fourth-order valence-corrected chi connectivity index (χ4v) is 0.726. The fourth-order valence-electron chi connectivity index (χ4n) is 0.726. The maximum Gasteiger partial charge on any atom is 0.236 e. The van der Waals surface area contributed by atoms with E-state index in [1.54, 1.807) is 19.2 Å². The molecule has 0 aliphatic heterocycles. The van der Waals surface area contributed by atoms with Gasteiger partial charge in [0, 0.05) is 6.20 Å². The zero-order chi connectivity index (χ0) is 8.97. The van der Waals surface area contributed by atoms with Crippen LogP contribution in [0.15, 0.2) is 12.3 Å². The average molecular weight is 168 g/mol. The van der Waals surface area contributed by atoms with Crippen LogP contribution >= 0.6 is 0 Å². The molecule has 66 valence electrons. The van der Waals surface area contributed by atoms with E-state index in [2.05, 4.69) is 15.5 Å². The highest BCUT2D eigenvalue weighted by Gasteiger charge is 2.05. The van der Waals surface area contributed by atoms with Crippen LogP contribution in [0.3, 0.4) is 0 Å². The molecule has 1 unspecified atom stereocenters. The predicted molar refractivity (Wildman–Crippen MR) is 44.1 cm³/mol. The molecule has 0 radical (unpaired) electrons. The van der Waals surface area contributed by atoms with Gasteiger partial charge in [0.05, 0.1) is 18.3 Å². The Morgan fingerprint density at radius 2 is 2.67 bits per heavy atom. The van der Waals surface area contributed by atoms with E-state index in [0.717, 1.165) is 5.69 Å². The third-order valence-corrected chi connectivity index (χ3v) is 1.43. The quantitative estimate of drug-likeness (QED) is 0.562. The van der Waals surface area contributed by atoms with Gasteiger partial charge in [-0.2, -0.15) is 5.10 Å². The number of nitrogens with two attached hydrogens (primary N) is 1. The van der Waals surface area contributed by atoms with Crippen molar-refractivity contribution in [2.45, 2.75) is 19.5 Å². The maximum absolute atomic E-state index is 11.0. The Kier molecular flexibility index (Phi) is 2.82. The molecule has 0 aromatic carbocycles. The van der Waals surface area contributed by atoms with E-state index in [9.17, 15) is 4.79 Å². The minimum atomic E-state index is -0.465. The summed E-state index contributed by atoms with van der Waals surface area (Å²) in [6.45, 7) is 2.09. The number of rotatable bonds is 3. The second-order valence-corrected chi connectivity index (χ2v) is 2.59. The van der Waals surface area contributed by atoms with Gasteiger partial charge in [0.1, 0.15) is 0 Å². The smallest absolute Gasteiger partial charge is 0.236 e. The van der Waals surface area contributed by atoms with Gasteiger partial charge in [0.25, 0.3) is 0 Å². The third-order valence-electron chi connectivity index (χ3n) is 1.43. The first-order valence-corrected chi connectivity index (χ1v) is 3.71. The van der Waals surface area contributed by atoms with E-state index in [0.29, 0.717) is 6.54 Å². The van der Waals surface area contributed by atoms with Crippen molar-refractivity contribution in [3.8, 4) is 0 Å². The van der Waals surface area contributed by atoms with E-state index in [4.69, 9.17) is 5.73 Å². The largest absolute Gasteiger partial charge is 0.349 e. The molecular formula is C7H12N4O. The summed E-state index contributed by atoms with van der Waals surface area (Å²) in [6, 6.07) is 1.33. The molecule has 1 aromatic heterocycles. The molecule has 0 aliphatic carbocycles. The van der Waals surface area contributed by atoms with Crippen LogP contribution in [0.4, 0.5) is 0 Å². The normalized spacial score (nSPS) is 12.5. The van der Waals surface area contributed by atoms with Crippen molar-refractivity contribution in [3.05, 3.63) is 18.0 Å². The summed E-state index contributed by atoms with van der Waals surface area (Å²) >= 11 is 0. The number of carbonyl (C=O) groups is 1. The monoisotopic (exact) mass is 168 g/mol. The van der Waals surface area contributed by atoms with Crippen molar-refractivity contribution < 1.29 is 4.79 Å². The summed E-state index contributed by atoms with van der Waals surface area (Å²) in [7, 11) is 0. The molecule has 0 fully saturated rings. The van der Waals surface area contributed by atoms with E-state index < -0.39 is 6.04 Å². The van der Waals surface area contributed by atoms with Gasteiger partial charge in [-0.1, -0.05) is 0 Å². The van der Waals surface area contributed by atoms with Crippen LogP contribution in [-0.4, -0.2) is 22.1 Å². The van der Waals surface area contributed by atoms with Gasteiger partial charge >= 0.3 is 0 Å². The molecule has 1 atom stereocenters. The standard InChI is InChI=1S/C7H12N4O/c1-5(8)7(12)9-4-6-2-3-10-11-6/h2-3,5H,4,8H2,1H3,(H,9,12)(H,10,11). The van der Waals surface area contributed by atoms with Crippen LogP contribution < -0.4 is 11.1 Å². The summed E-state index contributed by atoms with van der Waals surface area (Å²) in [5.41, 5.74) is 6.20. The second-order valence-electron chi connectivity index (χ2n) is 2.59. The Hall–Kier alpha value is -1.36. The first kappa shape index (κ1) is 8.73. The molecule has 1 amide bonds. The molecule has 5 heteroatoms. The molecule has 0 spiro atoms. The summed E-state index contributed by atoms with van der Waals surface area (Å²) < 4.78 is 0. The molecule has 0 aliphatic rings.